The number of aliphatic hydroxyl groups is 1. The molecule has 0 aliphatic carbocycles. The van der Waals surface area contributed by atoms with E-state index in [-0.39, 0.29) is 12.4 Å². The molecule has 2 aromatic rings. The zero-order valence-electron chi connectivity index (χ0n) is 10.2. The van der Waals surface area contributed by atoms with Gasteiger partial charge in [-0.2, -0.15) is 0 Å². The number of halogens is 1. The summed E-state index contributed by atoms with van der Waals surface area (Å²) in [7, 11) is 0. The van der Waals surface area contributed by atoms with Gasteiger partial charge in [0.15, 0.2) is 0 Å². The lowest BCUT2D eigenvalue weighted by Gasteiger charge is -2.11. The number of hydrogen-bond donors (Lipinski definition) is 1. The van der Waals surface area contributed by atoms with Crippen molar-refractivity contribution in [1.82, 2.24) is 0 Å². The van der Waals surface area contributed by atoms with Crippen LogP contribution in [0, 0.1) is 12.7 Å². The van der Waals surface area contributed by atoms with E-state index in [1.807, 2.05) is 19.1 Å². The first kappa shape index (κ1) is 12.6. The predicted octanol–water partition coefficient (Wildman–Crippen LogP) is 3.21. The second-order valence-electron chi connectivity index (χ2n) is 4.13. The molecule has 0 saturated heterocycles. The summed E-state index contributed by atoms with van der Waals surface area (Å²) in [5, 5.41) is 9.17. The number of aliphatic hydroxyl groups excluding tert-OH is 1. The van der Waals surface area contributed by atoms with Gasteiger partial charge in [-0.25, -0.2) is 4.39 Å². The monoisotopic (exact) mass is 246 g/mol. The molecule has 2 aromatic carbocycles. The third-order valence-corrected chi connectivity index (χ3v) is 2.84. The summed E-state index contributed by atoms with van der Waals surface area (Å²) >= 11 is 0. The van der Waals surface area contributed by atoms with Crippen LogP contribution in [0.4, 0.5) is 4.39 Å². The van der Waals surface area contributed by atoms with Crippen LogP contribution in [0.1, 0.15) is 16.7 Å². The van der Waals surface area contributed by atoms with Crippen LogP contribution in [0.5, 0.6) is 5.75 Å². The molecule has 0 amide bonds. The highest BCUT2D eigenvalue weighted by molar-refractivity contribution is 5.33. The van der Waals surface area contributed by atoms with Gasteiger partial charge in [-0.1, -0.05) is 24.3 Å². The molecule has 3 heteroatoms. The minimum atomic E-state index is -0.269. The summed E-state index contributed by atoms with van der Waals surface area (Å²) in [5.74, 6) is 0.360. The highest BCUT2D eigenvalue weighted by Gasteiger charge is 2.04. The molecular formula is C15H15FO2. The Morgan fingerprint density at radius 3 is 2.67 bits per heavy atom. The Morgan fingerprint density at radius 2 is 1.89 bits per heavy atom. The lowest BCUT2D eigenvalue weighted by molar-refractivity contribution is 0.258. The highest BCUT2D eigenvalue weighted by Crippen LogP contribution is 2.20. The Hall–Kier alpha value is -1.87. The van der Waals surface area contributed by atoms with Gasteiger partial charge in [0, 0.05) is 5.56 Å². The van der Waals surface area contributed by atoms with Crippen LogP contribution in [0.25, 0.3) is 0 Å². The Kier molecular flexibility index (Phi) is 3.95. The van der Waals surface area contributed by atoms with E-state index in [2.05, 4.69) is 0 Å². The van der Waals surface area contributed by atoms with Gasteiger partial charge in [0.05, 0.1) is 6.61 Å². The van der Waals surface area contributed by atoms with E-state index in [4.69, 9.17) is 4.74 Å². The third-order valence-electron chi connectivity index (χ3n) is 2.84. The van der Waals surface area contributed by atoms with E-state index in [9.17, 15) is 9.50 Å². The number of benzene rings is 2. The molecule has 2 nitrogen and oxygen atoms in total. The molecule has 0 bridgehead atoms. The molecule has 0 aromatic heterocycles. The van der Waals surface area contributed by atoms with Crippen LogP contribution in [0.3, 0.4) is 0 Å². The number of rotatable bonds is 4. The number of para-hydroxylation sites is 1. The maximum atomic E-state index is 13.1. The maximum Gasteiger partial charge on any atom is 0.125 e. The number of ether oxygens (including phenoxy) is 1. The van der Waals surface area contributed by atoms with Crippen molar-refractivity contribution >= 4 is 0 Å². The van der Waals surface area contributed by atoms with Crippen LogP contribution in [-0.2, 0) is 13.2 Å². The van der Waals surface area contributed by atoms with Crippen molar-refractivity contribution in [2.75, 3.05) is 0 Å². The molecular weight excluding hydrogens is 231 g/mol. The van der Waals surface area contributed by atoms with Crippen molar-refractivity contribution < 1.29 is 14.2 Å². The van der Waals surface area contributed by atoms with Gasteiger partial charge >= 0.3 is 0 Å². The normalized spacial score (nSPS) is 10.4. The average Bonchev–Trinajstić information content (AvgIpc) is 2.40. The van der Waals surface area contributed by atoms with Crippen LogP contribution in [0.2, 0.25) is 0 Å². The van der Waals surface area contributed by atoms with Crippen LogP contribution in [0.15, 0.2) is 42.5 Å². The molecule has 1 N–H and O–H groups in total. The Labute approximate surface area is 106 Å². The van der Waals surface area contributed by atoms with E-state index in [1.165, 1.54) is 12.1 Å². The van der Waals surface area contributed by atoms with Gasteiger partial charge in [-0.15, -0.1) is 0 Å². The van der Waals surface area contributed by atoms with Crippen molar-refractivity contribution in [3.8, 4) is 5.75 Å². The molecule has 0 atom stereocenters. The first-order chi connectivity index (χ1) is 8.70. The molecule has 0 aliphatic heterocycles. The van der Waals surface area contributed by atoms with Gasteiger partial charge in [0.2, 0.25) is 0 Å². The molecule has 0 unspecified atom stereocenters. The van der Waals surface area contributed by atoms with E-state index in [0.29, 0.717) is 12.4 Å². The van der Waals surface area contributed by atoms with Crippen LogP contribution >= 0.6 is 0 Å². The second-order valence-corrected chi connectivity index (χ2v) is 4.13. The molecule has 0 aliphatic rings. The molecule has 0 radical (unpaired) electrons. The van der Waals surface area contributed by atoms with Crippen molar-refractivity contribution in [2.45, 2.75) is 20.1 Å². The lowest BCUT2D eigenvalue weighted by atomic mass is 10.1. The van der Waals surface area contributed by atoms with Gasteiger partial charge in [0.1, 0.15) is 18.2 Å². The Bertz CT molecular complexity index is 538. The molecule has 0 fully saturated rings. The molecule has 2 rings (SSSR count). The number of hydrogen-bond acceptors (Lipinski definition) is 2. The fourth-order valence-electron chi connectivity index (χ4n) is 1.73. The SMILES string of the molecule is Cc1ccc(F)cc1COc1ccccc1CO. The van der Waals surface area contributed by atoms with Crippen LogP contribution < -0.4 is 4.74 Å². The van der Waals surface area contributed by atoms with Crippen molar-refractivity contribution in [1.29, 1.82) is 0 Å². The molecule has 94 valence electrons. The van der Waals surface area contributed by atoms with Crippen LogP contribution in [-0.4, -0.2) is 5.11 Å². The Morgan fingerprint density at radius 1 is 1.11 bits per heavy atom. The van der Waals surface area contributed by atoms with Crippen molar-refractivity contribution in [3.63, 3.8) is 0 Å². The molecule has 0 heterocycles. The van der Waals surface area contributed by atoms with E-state index >= 15 is 0 Å². The van der Waals surface area contributed by atoms with Gasteiger partial charge in [0.25, 0.3) is 0 Å². The molecule has 0 saturated carbocycles. The zero-order chi connectivity index (χ0) is 13.0. The first-order valence-electron chi connectivity index (χ1n) is 5.77. The largest absolute Gasteiger partial charge is 0.489 e. The summed E-state index contributed by atoms with van der Waals surface area (Å²) in [4.78, 5) is 0. The summed E-state index contributed by atoms with van der Waals surface area (Å²) in [6.45, 7) is 2.13. The fourth-order valence-corrected chi connectivity index (χ4v) is 1.73. The fraction of sp³-hybridized carbons (Fsp3) is 0.200. The Balaban J connectivity index is 2.14. The minimum absolute atomic E-state index is 0.0711. The summed E-state index contributed by atoms with van der Waals surface area (Å²) < 4.78 is 18.7. The second kappa shape index (κ2) is 5.65. The maximum absolute atomic E-state index is 13.1. The smallest absolute Gasteiger partial charge is 0.125 e. The first-order valence-corrected chi connectivity index (χ1v) is 5.77. The third kappa shape index (κ3) is 2.87. The summed E-state index contributed by atoms with van der Waals surface area (Å²) in [6.07, 6.45) is 0. The summed E-state index contributed by atoms with van der Waals surface area (Å²) in [5.41, 5.74) is 2.52. The highest BCUT2D eigenvalue weighted by atomic mass is 19.1. The minimum Gasteiger partial charge on any atom is -0.489 e. The summed E-state index contributed by atoms with van der Waals surface area (Å²) in [6, 6.07) is 11.9. The van der Waals surface area contributed by atoms with Gasteiger partial charge in [-0.05, 0) is 36.2 Å². The molecule has 18 heavy (non-hydrogen) atoms. The zero-order valence-corrected chi connectivity index (χ0v) is 10.2. The van der Waals surface area contributed by atoms with Crippen molar-refractivity contribution in [3.05, 3.63) is 65.0 Å². The van der Waals surface area contributed by atoms with E-state index in [0.717, 1.165) is 16.7 Å². The molecule has 0 spiro atoms. The number of aryl methyl sites for hydroxylation is 1. The quantitative estimate of drug-likeness (QED) is 0.897. The topological polar surface area (TPSA) is 29.5 Å². The van der Waals surface area contributed by atoms with E-state index in [1.54, 1.807) is 18.2 Å². The predicted molar refractivity (Wildman–Crippen MR) is 67.8 cm³/mol. The van der Waals surface area contributed by atoms with Gasteiger partial charge < -0.3 is 9.84 Å². The lowest BCUT2D eigenvalue weighted by Crippen LogP contribution is -2.01. The van der Waals surface area contributed by atoms with Crippen molar-refractivity contribution in [2.24, 2.45) is 0 Å². The van der Waals surface area contributed by atoms with Gasteiger partial charge in [-0.3, -0.25) is 0 Å². The average molecular weight is 246 g/mol. The van der Waals surface area contributed by atoms with E-state index < -0.39 is 0 Å². The standard InChI is InChI=1S/C15H15FO2/c1-11-6-7-14(16)8-13(11)10-18-15-5-3-2-4-12(15)9-17/h2-8,17H,9-10H2,1H3.